The summed E-state index contributed by atoms with van der Waals surface area (Å²) in [5.74, 6) is 0. The number of benzene rings is 1. The van der Waals surface area contributed by atoms with Crippen LogP contribution in [0, 0.1) is 6.92 Å². The number of aromatic nitrogens is 4. The van der Waals surface area contributed by atoms with Crippen LogP contribution in [-0.2, 0) is 27.2 Å². The van der Waals surface area contributed by atoms with Crippen molar-refractivity contribution < 1.29 is 0 Å². The van der Waals surface area contributed by atoms with E-state index in [4.69, 9.17) is 0 Å². The van der Waals surface area contributed by atoms with Crippen LogP contribution >= 0.6 is 15.9 Å². The van der Waals surface area contributed by atoms with Gasteiger partial charge in [0.05, 0.1) is 11.9 Å². The maximum atomic E-state index is 4.57. The molecule has 0 amide bonds. The monoisotopic (exact) mass is 373 g/mol. The Bertz CT molecular complexity index is 818. The molecule has 0 aliphatic rings. The molecule has 3 aromatic rings. The number of hydrogen-bond acceptors (Lipinski definition) is 3. The van der Waals surface area contributed by atoms with E-state index in [1.807, 2.05) is 31.2 Å². The Balaban J connectivity index is 1.72. The molecule has 6 heteroatoms. The first-order chi connectivity index (χ1) is 11.0. The summed E-state index contributed by atoms with van der Waals surface area (Å²) in [5, 5.41) is 12.3. The Labute approximate surface area is 144 Å². The van der Waals surface area contributed by atoms with Gasteiger partial charge in [-0.3, -0.25) is 9.36 Å². The van der Waals surface area contributed by atoms with Crippen molar-refractivity contribution in [1.82, 2.24) is 24.9 Å². The lowest BCUT2D eigenvalue weighted by Crippen LogP contribution is -2.13. The normalized spacial score (nSPS) is 11.1. The Morgan fingerprint density at radius 2 is 1.87 bits per heavy atom. The summed E-state index contributed by atoms with van der Waals surface area (Å²) >= 11 is 3.53. The second-order valence-corrected chi connectivity index (χ2v) is 6.67. The van der Waals surface area contributed by atoms with Crippen molar-refractivity contribution in [2.75, 3.05) is 0 Å². The average molecular weight is 374 g/mol. The van der Waals surface area contributed by atoms with E-state index in [1.54, 1.807) is 4.68 Å². The van der Waals surface area contributed by atoms with E-state index < -0.39 is 0 Å². The molecule has 0 aliphatic carbocycles. The van der Waals surface area contributed by atoms with Gasteiger partial charge in [0.25, 0.3) is 0 Å². The molecule has 23 heavy (non-hydrogen) atoms. The van der Waals surface area contributed by atoms with Crippen LogP contribution in [0.3, 0.4) is 0 Å². The lowest BCUT2D eigenvalue weighted by molar-refractivity contribution is 0.689. The number of halogens is 1. The van der Waals surface area contributed by atoms with Gasteiger partial charge in [0.15, 0.2) is 0 Å². The summed E-state index contributed by atoms with van der Waals surface area (Å²) in [6, 6.07) is 6.36. The van der Waals surface area contributed by atoms with Crippen molar-refractivity contribution in [3.63, 3.8) is 0 Å². The summed E-state index contributed by atoms with van der Waals surface area (Å²) in [7, 11) is 3.86. The number of aryl methyl sites for hydroxylation is 3. The van der Waals surface area contributed by atoms with Crippen LogP contribution in [0.25, 0.3) is 11.3 Å². The molecule has 1 N–H and O–H groups in total. The van der Waals surface area contributed by atoms with Gasteiger partial charge < -0.3 is 5.32 Å². The minimum atomic E-state index is 0.768. The highest BCUT2D eigenvalue weighted by atomic mass is 79.9. The fourth-order valence-electron chi connectivity index (χ4n) is 2.62. The molecule has 0 bridgehead atoms. The van der Waals surface area contributed by atoms with E-state index in [0.717, 1.165) is 28.8 Å². The molecule has 0 unspecified atom stereocenters. The molecule has 3 rings (SSSR count). The SMILES string of the molecule is Cc1ccc(Br)cc1CNCc1cn(C)nc1-c1cnn(C)c1. The molecule has 1 aromatic carbocycles. The lowest BCUT2D eigenvalue weighted by Gasteiger charge is -2.08. The van der Waals surface area contributed by atoms with Gasteiger partial charge in [-0.25, -0.2) is 0 Å². The van der Waals surface area contributed by atoms with Crippen molar-refractivity contribution in [2.24, 2.45) is 14.1 Å². The molecule has 2 heterocycles. The largest absolute Gasteiger partial charge is 0.308 e. The van der Waals surface area contributed by atoms with Crippen LogP contribution in [0.4, 0.5) is 0 Å². The van der Waals surface area contributed by atoms with Gasteiger partial charge in [-0.15, -0.1) is 0 Å². The molecule has 2 aromatic heterocycles. The minimum absolute atomic E-state index is 0.768. The first-order valence-corrected chi connectivity index (χ1v) is 8.29. The lowest BCUT2D eigenvalue weighted by atomic mass is 10.1. The molecule has 0 fully saturated rings. The van der Waals surface area contributed by atoms with Gasteiger partial charge >= 0.3 is 0 Å². The molecular weight excluding hydrogens is 354 g/mol. The van der Waals surface area contributed by atoms with Crippen molar-refractivity contribution in [3.8, 4) is 11.3 Å². The van der Waals surface area contributed by atoms with Crippen molar-refractivity contribution in [3.05, 3.63) is 58.0 Å². The first-order valence-electron chi connectivity index (χ1n) is 7.50. The van der Waals surface area contributed by atoms with E-state index >= 15 is 0 Å². The van der Waals surface area contributed by atoms with Gasteiger partial charge in [-0.2, -0.15) is 10.2 Å². The third-order valence-corrected chi connectivity index (χ3v) is 4.32. The highest BCUT2D eigenvalue weighted by molar-refractivity contribution is 9.10. The van der Waals surface area contributed by atoms with Crippen LogP contribution < -0.4 is 5.32 Å². The van der Waals surface area contributed by atoms with Crippen LogP contribution in [0.5, 0.6) is 0 Å². The molecule has 0 aliphatic heterocycles. The summed E-state index contributed by atoms with van der Waals surface area (Å²) in [6.45, 7) is 3.73. The van der Waals surface area contributed by atoms with E-state index in [1.165, 1.54) is 16.7 Å². The van der Waals surface area contributed by atoms with Crippen molar-refractivity contribution in [1.29, 1.82) is 0 Å². The second kappa shape index (κ2) is 6.68. The predicted octanol–water partition coefficient (Wildman–Crippen LogP) is 3.18. The third kappa shape index (κ3) is 3.71. The number of hydrogen-bond donors (Lipinski definition) is 1. The third-order valence-electron chi connectivity index (χ3n) is 3.82. The molecule has 0 saturated carbocycles. The molecule has 0 radical (unpaired) electrons. The molecular formula is C17H20BrN5. The average Bonchev–Trinajstić information content (AvgIpc) is 3.08. The van der Waals surface area contributed by atoms with Crippen LogP contribution in [0.15, 0.2) is 41.3 Å². The van der Waals surface area contributed by atoms with Gasteiger partial charge in [-0.1, -0.05) is 22.0 Å². The van der Waals surface area contributed by atoms with Gasteiger partial charge in [-0.05, 0) is 30.2 Å². The molecule has 0 spiro atoms. The minimum Gasteiger partial charge on any atom is -0.308 e. The molecule has 0 saturated heterocycles. The van der Waals surface area contributed by atoms with Crippen molar-refractivity contribution >= 4 is 15.9 Å². The first kappa shape index (κ1) is 16.0. The van der Waals surface area contributed by atoms with Crippen LogP contribution in [0.1, 0.15) is 16.7 Å². The predicted molar refractivity (Wildman–Crippen MR) is 94.8 cm³/mol. The zero-order chi connectivity index (χ0) is 16.4. The smallest absolute Gasteiger partial charge is 0.0999 e. The van der Waals surface area contributed by atoms with Gasteiger partial charge in [0.1, 0.15) is 0 Å². The number of nitrogens with one attached hydrogen (secondary N) is 1. The zero-order valence-electron chi connectivity index (χ0n) is 13.5. The fraction of sp³-hybridized carbons (Fsp3) is 0.294. The Morgan fingerprint density at radius 1 is 1.09 bits per heavy atom. The molecule has 0 atom stereocenters. The Morgan fingerprint density at radius 3 is 2.61 bits per heavy atom. The zero-order valence-corrected chi connectivity index (χ0v) is 15.1. The Kier molecular flexibility index (Phi) is 4.63. The highest BCUT2D eigenvalue weighted by Gasteiger charge is 2.11. The molecule has 120 valence electrons. The standard InChI is InChI=1S/C17H20BrN5/c1-12-4-5-16(18)6-13(12)7-19-8-14-11-23(3)21-17(14)15-9-20-22(2)10-15/h4-6,9-11,19H,7-8H2,1-3H3. The van der Waals surface area contributed by atoms with Crippen LogP contribution in [0.2, 0.25) is 0 Å². The number of nitrogens with zero attached hydrogens (tertiary/aromatic N) is 4. The summed E-state index contributed by atoms with van der Waals surface area (Å²) in [6.07, 6.45) is 5.90. The second-order valence-electron chi connectivity index (χ2n) is 5.75. The maximum Gasteiger partial charge on any atom is 0.0999 e. The summed E-state index contributed by atoms with van der Waals surface area (Å²) in [4.78, 5) is 0. The fourth-order valence-corrected chi connectivity index (χ4v) is 3.02. The van der Waals surface area contributed by atoms with Gasteiger partial charge in [0.2, 0.25) is 0 Å². The van der Waals surface area contributed by atoms with E-state index in [-0.39, 0.29) is 0 Å². The summed E-state index contributed by atoms with van der Waals surface area (Å²) in [5.41, 5.74) is 5.79. The topological polar surface area (TPSA) is 47.7 Å². The number of rotatable bonds is 5. The van der Waals surface area contributed by atoms with Gasteiger partial charge in [0, 0.05) is 55.2 Å². The quantitative estimate of drug-likeness (QED) is 0.746. The van der Waals surface area contributed by atoms with Crippen molar-refractivity contribution in [2.45, 2.75) is 20.0 Å². The highest BCUT2D eigenvalue weighted by Crippen LogP contribution is 2.21. The van der Waals surface area contributed by atoms with E-state index in [0.29, 0.717) is 0 Å². The summed E-state index contributed by atoms with van der Waals surface area (Å²) < 4.78 is 4.76. The Hall–Kier alpha value is -1.92. The van der Waals surface area contributed by atoms with E-state index in [9.17, 15) is 0 Å². The molecule has 5 nitrogen and oxygen atoms in total. The van der Waals surface area contributed by atoms with E-state index in [2.05, 4.69) is 62.8 Å². The maximum absolute atomic E-state index is 4.57. The van der Waals surface area contributed by atoms with Crippen LogP contribution in [-0.4, -0.2) is 19.6 Å².